The van der Waals surface area contributed by atoms with E-state index in [1.807, 2.05) is 6.92 Å². The summed E-state index contributed by atoms with van der Waals surface area (Å²) in [6, 6.07) is 1.03. The van der Waals surface area contributed by atoms with Gasteiger partial charge in [-0.1, -0.05) is 6.92 Å². The molecule has 0 aromatic rings. The Balaban J connectivity index is 1.38. The molecule has 0 aromatic heterocycles. The SMILES string of the molecule is CCC(=O)N1C[C@@H]2CCCN3CCC[C@@H]([C@H]23)[C@H]1CCCC(=O)NCC1CC1. The first kappa shape index (κ1) is 19.2. The van der Waals surface area contributed by atoms with Crippen molar-refractivity contribution >= 4 is 11.8 Å². The van der Waals surface area contributed by atoms with Crippen molar-refractivity contribution in [1.82, 2.24) is 15.1 Å². The first-order valence-electron chi connectivity index (χ1n) is 11.5. The van der Waals surface area contributed by atoms with Gasteiger partial charge in [-0.25, -0.2) is 0 Å². The molecular formula is C22H37N3O2. The Morgan fingerprint density at radius 1 is 1.07 bits per heavy atom. The number of hydrogen-bond donors (Lipinski definition) is 1. The van der Waals surface area contributed by atoms with Crippen LogP contribution in [0.3, 0.4) is 0 Å². The monoisotopic (exact) mass is 375 g/mol. The first-order valence-corrected chi connectivity index (χ1v) is 11.5. The van der Waals surface area contributed by atoms with Gasteiger partial charge >= 0.3 is 0 Å². The van der Waals surface area contributed by atoms with Crippen LogP contribution in [0.4, 0.5) is 0 Å². The number of piperidine rings is 3. The molecule has 0 unspecified atom stereocenters. The molecule has 1 N–H and O–H groups in total. The minimum absolute atomic E-state index is 0.201. The normalized spacial score (nSPS) is 33.4. The molecule has 5 heteroatoms. The van der Waals surface area contributed by atoms with Gasteiger partial charge in [0.15, 0.2) is 0 Å². The minimum atomic E-state index is 0.201. The standard InChI is InChI=1S/C22H37N3O2/c1-2-21(27)25-15-17-6-4-12-24-13-5-7-18(22(17)24)19(25)8-3-9-20(26)23-14-16-10-11-16/h16-19,22H,2-15H2,1H3,(H,23,26)/t17-,18+,19+,22-/m0/s1. The molecule has 0 radical (unpaired) electrons. The number of carbonyl (C=O) groups is 2. The van der Waals surface area contributed by atoms with Crippen molar-refractivity contribution in [3.05, 3.63) is 0 Å². The van der Waals surface area contributed by atoms with Crippen LogP contribution >= 0.6 is 0 Å². The van der Waals surface area contributed by atoms with Crippen LogP contribution < -0.4 is 5.32 Å². The molecule has 1 saturated carbocycles. The first-order chi connectivity index (χ1) is 13.2. The summed E-state index contributed by atoms with van der Waals surface area (Å²) in [5.41, 5.74) is 0. The van der Waals surface area contributed by atoms with Crippen LogP contribution in [0.25, 0.3) is 0 Å². The topological polar surface area (TPSA) is 52.7 Å². The molecule has 4 rings (SSSR count). The Labute approximate surface area is 164 Å². The summed E-state index contributed by atoms with van der Waals surface area (Å²) >= 11 is 0. The second-order valence-electron chi connectivity index (χ2n) is 9.34. The fourth-order valence-corrected chi connectivity index (χ4v) is 6.00. The second-order valence-corrected chi connectivity index (χ2v) is 9.34. The molecular weight excluding hydrogens is 338 g/mol. The van der Waals surface area contributed by atoms with Crippen molar-refractivity contribution in [2.45, 2.75) is 83.2 Å². The lowest BCUT2D eigenvalue weighted by Crippen LogP contribution is -2.65. The zero-order chi connectivity index (χ0) is 18.8. The molecule has 3 aliphatic heterocycles. The molecule has 2 amide bonds. The van der Waals surface area contributed by atoms with Gasteiger partial charge in [0.2, 0.25) is 11.8 Å². The lowest BCUT2D eigenvalue weighted by molar-refractivity contribution is -0.146. The Bertz CT molecular complexity index is 546. The number of likely N-dealkylation sites (tertiary alicyclic amines) is 1. The minimum Gasteiger partial charge on any atom is -0.356 e. The number of carbonyl (C=O) groups excluding carboxylic acids is 2. The molecule has 0 bridgehead atoms. The van der Waals surface area contributed by atoms with Crippen LogP contribution in [0.2, 0.25) is 0 Å². The van der Waals surface area contributed by atoms with Crippen molar-refractivity contribution in [1.29, 1.82) is 0 Å². The Hall–Kier alpha value is -1.10. The van der Waals surface area contributed by atoms with E-state index in [0.29, 0.717) is 42.7 Å². The molecule has 0 aromatic carbocycles. The molecule has 5 nitrogen and oxygen atoms in total. The van der Waals surface area contributed by atoms with Crippen LogP contribution in [-0.2, 0) is 9.59 Å². The molecule has 0 spiro atoms. The Morgan fingerprint density at radius 3 is 2.59 bits per heavy atom. The van der Waals surface area contributed by atoms with Crippen LogP contribution in [0.5, 0.6) is 0 Å². The van der Waals surface area contributed by atoms with E-state index < -0.39 is 0 Å². The Morgan fingerprint density at radius 2 is 1.85 bits per heavy atom. The molecule has 152 valence electrons. The zero-order valence-electron chi connectivity index (χ0n) is 17.0. The van der Waals surface area contributed by atoms with Crippen LogP contribution in [0, 0.1) is 17.8 Å². The highest BCUT2D eigenvalue weighted by atomic mass is 16.2. The third-order valence-corrected chi connectivity index (χ3v) is 7.48. The number of nitrogens with one attached hydrogen (secondary N) is 1. The van der Waals surface area contributed by atoms with Gasteiger partial charge in [-0.05, 0) is 82.2 Å². The van der Waals surface area contributed by atoms with Gasteiger partial charge in [-0.3, -0.25) is 14.5 Å². The van der Waals surface area contributed by atoms with Crippen molar-refractivity contribution < 1.29 is 9.59 Å². The summed E-state index contributed by atoms with van der Waals surface area (Å²) < 4.78 is 0. The molecule has 1 aliphatic carbocycles. The van der Waals surface area contributed by atoms with E-state index in [1.54, 1.807) is 0 Å². The van der Waals surface area contributed by atoms with Gasteiger partial charge in [0.05, 0.1) is 0 Å². The summed E-state index contributed by atoms with van der Waals surface area (Å²) in [5.74, 6) is 2.54. The highest BCUT2D eigenvalue weighted by molar-refractivity contribution is 5.77. The van der Waals surface area contributed by atoms with E-state index in [4.69, 9.17) is 0 Å². The molecule has 4 fully saturated rings. The van der Waals surface area contributed by atoms with Crippen molar-refractivity contribution in [3.63, 3.8) is 0 Å². The van der Waals surface area contributed by atoms with Crippen LogP contribution in [0.15, 0.2) is 0 Å². The summed E-state index contributed by atoms with van der Waals surface area (Å²) in [6.45, 7) is 6.29. The fraction of sp³-hybridized carbons (Fsp3) is 0.909. The lowest BCUT2D eigenvalue weighted by Gasteiger charge is -2.57. The van der Waals surface area contributed by atoms with Gasteiger partial charge in [-0.2, -0.15) is 0 Å². The molecule has 27 heavy (non-hydrogen) atoms. The van der Waals surface area contributed by atoms with E-state index in [9.17, 15) is 9.59 Å². The van der Waals surface area contributed by atoms with Gasteiger partial charge < -0.3 is 10.2 Å². The van der Waals surface area contributed by atoms with Gasteiger partial charge in [-0.15, -0.1) is 0 Å². The van der Waals surface area contributed by atoms with Crippen LogP contribution in [-0.4, -0.2) is 59.9 Å². The average Bonchev–Trinajstić information content (AvgIpc) is 3.52. The highest BCUT2D eigenvalue weighted by Gasteiger charge is 2.49. The smallest absolute Gasteiger partial charge is 0.222 e. The molecule has 4 aliphatic rings. The van der Waals surface area contributed by atoms with E-state index in [0.717, 1.165) is 31.8 Å². The van der Waals surface area contributed by atoms with Crippen molar-refractivity contribution in [2.75, 3.05) is 26.2 Å². The summed E-state index contributed by atoms with van der Waals surface area (Å²) in [5, 5.41) is 3.09. The third-order valence-electron chi connectivity index (χ3n) is 7.48. The number of hydrogen-bond acceptors (Lipinski definition) is 3. The Kier molecular flexibility index (Phi) is 6.05. The summed E-state index contributed by atoms with van der Waals surface area (Å²) in [4.78, 5) is 29.8. The maximum absolute atomic E-state index is 12.7. The number of rotatable bonds is 7. The van der Waals surface area contributed by atoms with E-state index in [1.165, 1.54) is 51.6 Å². The number of amides is 2. The molecule has 3 saturated heterocycles. The maximum atomic E-state index is 12.7. The average molecular weight is 376 g/mol. The fourth-order valence-electron chi connectivity index (χ4n) is 6.00. The predicted octanol–water partition coefficient (Wildman–Crippen LogP) is 2.79. The van der Waals surface area contributed by atoms with E-state index in [2.05, 4.69) is 15.1 Å². The van der Waals surface area contributed by atoms with Crippen LogP contribution in [0.1, 0.15) is 71.1 Å². The number of nitrogens with zero attached hydrogens (tertiary/aromatic N) is 2. The third kappa shape index (κ3) is 4.33. The summed E-state index contributed by atoms with van der Waals surface area (Å²) in [6.07, 6.45) is 10.7. The summed E-state index contributed by atoms with van der Waals surface area (Å²) in [7, 11) is 0. The van der Waals surface area contributed by atoms with Crippen molar-refractivity contribution in [2.24, 2.45) is 17.8 Å². The maximum Gasteiger partial charge on any atom is 0.222 e. The van der Waals surface area contributed by atoms with Gasteiger partial charge in [0.1, 0.15) is 0 Å². The van der Waals surface area contributed by atoms with Gasteiger partial charge in [0.25, 0.3) is 0 Å². The van der Waals surface area contributed by atoms with Gasteiger partial charge in [0, 0.05) is 38.0 Å². The second kappa shape index (κ2) is 8.50. The van der Waals surface area contributed by atoms with Crippen molar-refractivity contribution in [3.8, 4) is 0 Å². The molecule has 3 heterocycles. The van der Waals surface area contributed by atoms with E-state index >= 15 is 0 Å². The highest BCUT2D eigenvalue weighted by Crippen LogP contribution is 2.43. The predicted molar refractivity (Wildman–Crippen MR) is 106 cm³/mol. The molecule has 4 atom stereocenters. The lowest BCUT2D eigenvalue weighted by atomic mass is 9.69. The quantitative estimate of drug-likeness (QED) is 0.744. The van der Waals surface area contributed by atoms with E-state index in [-0.39, 0.29) is 5.91 Å². The largest absolute Gasteiger partial charge is 0.356 e. The zero-order valence-corrected chi connectivity index (χ0v) is 17.0.